The molecular formula is C22H26FN3O7. The highest BCUT2D eigenvalue weighted by molar-refractivity contribution is 5.70. The first-order valence-corrected chi connectivity index (χ1v) is 10.5. The maximum atomic E-state index is 14.3. The van der Waals surface area contributed by atoms with Crippen molar-refractivity contribution in [1.82, 2.24) is 15.0 Å². The number of hydroxylamine groups is 2. The second-order valence-electron chi connectivity index (χ2n) is 7.80. The van der Waals surface area contributed by atoms with Crippen LogP contribution in [-0.4, -0.2) is 57.6 Å². The lowest BCUT2D eigenvalue weighted by Gasteiger charge is -2.30. The summed E-state index contributed by atoms with van der Waals surface area (Å²) < 4.78 is 30.9. The third-order valence-corrected chi connectivity index (χ3v) is 4.76. The van der Waals surface area contributed by atoms with Gasteiger partial charge < -0.3 is 24.2 Å². The Bertz CT molecular complexity index is 994. The summed E-state index contributed by atoms with van der Waals surface area (Å²) in [7, 11) is 0. The summed E-state index contributed by atoms with van der Waals surface area (Å²) in [6, 6.07) is 3.95. The Morgan fingerprint density at radius 1 is 1.21 bits per heavy atom. The number of aliphatic carboxylic acids is 1. The molecule has 3 rings (SSSR count). The summed E-state index contributed by atoms with van der Waals surface area (Å²) >= 11 is 0. The van der Waals surface area contributed by atoms with Crippen molar-refractivity contribution in [3.05, 3.63) is 41.5 Å². The van der Waals surface area contributed by atoms with Crippen molar-refractivity contribution in [1.29, 1.82) is 0 Å². The average molecular weight is 463 g/mol. The fraction of sp³-hybridized carbons (Fsp3) is 0.455. The van der Waals surface area contributed by atoms with Crippen LogP contribution < -0.4 is 9.47 Å². The molecule has 1 N–H and O–H groups in total. The lowest BCUT2D eigenvalue weighted by atomic mass is 10.1. The second kappa shape index (κ2) is 10.9. The van der Waals surface area contributed by atoms with Gasteiger partial charge >= 0.3 is 12.1 Å². The van der Waals surface area contributed by atoms with Gasteiger partial charge in [0, 0.05) is 25.9 Å². The number of carbonyl (C=O) groups is 2. The van der Waals surface area contributed by atoms with Gasteiger partial charge in [-0.15, -0.1) is 5.06 Å². The number of carboxylic acids is 1. The molecular weight excluding hydrogens is 437 g/mol. The lowest BCUT2D eigenvalue weighted by molar-refractivity contribution is -0.151. The third-order valence-electron chi connectivity index (χ3n) is 4.76. The molecule has 0 radical (unpaired) electrons. The molecule has 0 aliphatic carbocycles. The molecule has 1 aromatic carbocycles. The van der Waals surface area contributed by atoms with Gasteiger partial charge in [-0.25, -0.2) is 19.2 Å². The van der Waals surface area contributed by atoms with Crippen LogP contribution in [-0.2, 0) is 20.8 Å². The normalized spacial score (nSPS) is 14.7. The van der Waals surface area contributed by atoms with Crippen LogP contribution in [0.5, 0.6) is 17.5 Å². The molecule has 10 nitrogen and oxygen atoms in total. The Hall–Kier alpha value is -3.47. The molecule has 1 saturated heterocycles. The van der Waals surface area contributed by atoms with E-state index in [1.807, 2.05) is 0 Å². The molecule has 0 bridgehead atoms. The summed E-state index contributed by atoms with van der Waals surface area (Å²) in [5, 5.41) is 10.4. The maximum Gasteiger partial charge on any atom is 0.528 e. The van der Waals surface area contributed by atoms with Gasteiger partial charge in [0.1, 0.15) is 12.4 Å². The number of ether oxygens (including phenoxy) is 3. The first kappa shape index (κ1) is 24.2. The molecule has 1 aromatic heterocycles. The molecule has 0 atom stereocenters. The number of hydrogen-bond donors (Lipinski definition) is 1. The highest BCUT2D eigenvalue weighted by Gasteiger charge is 2.25. The molecule has 0 saturated carbocycles. The van der Waals surface area contributed by atoms with Crippen molar-refractivity contribution in [2.24, 2.45) is 0 Å². The molecule has 0 amide bonds. The number of piperidine rings is 1. The van der Waals surface area contributed by atoms with E-state index in [4.69, 9.17) is 24.2 Å². The molecule has 2 aromatic rings. The number of halogens is 1. The van der Waals surface area contributed by atoms with Crippen LogP contribution in [0.15, 0.2) is 24.5 Å². The van der Waals surface area contributed by atoms with E-state index in [0.717, 1.165) is 6.07 Å². The van der Waals surface area contributed by atoms with Crippen LogP contribution in [0.4, 0.5) is 9.18 Å². The molecule has 1 aliphatic heterocycles. The zero-order chi connectivity index (χ0) is 24.0. The van der Waals surface area contributed by atoms with E-state index in [9.17, 15) is 14.0 Å². The van der Waals surface area contributed by atoms with Crippen molar-refractivity contribution in [2.45, 2.75) is 52.2 Å². The Balaban J connectivity index is 1.59. The number of benzene rings is 1. The maximum absolute atomic E-state index is 14.3. The number of hydrogen-bond acceptors (Lipinski definition) is 9. The van der Waals surface area contributed by atoms with E-state index in [1.165, 1.54) is 23.5 Å². The molecule has 1 aliphatic rings. The number of carbonyl (C=O) groups excluding carboxylic acids is 1. The number of aromatic nitrogens is 2. The minimum atomic E-state index is -1.05. The van der Waals surface area contributed by atoms with E-state index in [-0.39, 0.29) is 30.3 Å². The molecule has 0 spiro atoms. The predicted molar refractivity (Wildman–Crippen MR) is 113 cm³/mol. The van der Waals surface area contributed by atoms with Gasteiger partial charge in [0.25, 0.3) is 0 Å². The van der Waals surface area contributed by atoms with Crippen molar-refractivity contribution < 1.29 is 38.1 Å². The van der Waals surface area contributed by atoms with Crippen molar-refractivity contribution in [2.75, 3.05) is 13.1 Å². The Kier molecular flexibility index (Phi) is 7.99. The number of nitrogens with zero attached hydrogens (tertiary/aromatic N) is 3. The van der Waals surface area contributed by atoms with E-state index >= 15 is 0 Å². The van der Waals surface area contributed by atoms with Gasteiger partial charge in [-0.1, -0.05) is 6.07 Å². The molecule has 11 heteroatoms. The molecule has 33 heavy (non-hydrogen) atoms. The first-order valence-electron chi connectivity index (χ1n) is 10.5. The van der Waals surface area contributed by atoms with Gasteiger partial charge in [0.2, 0.25) is 11.8 Å². The van der Waals surface area contributed by atoms with Crippen molar-refractivity contribution >= 4 is 12.1 Å². The topological polar surface area (TPSA) is 120 Å². The van der Waals surface area contributed by atoms with Crippen molar-refractivity contribution in [3.8, 4) is 17.5 Å². The number of rotatable bonds is 8. The van der Waals surface area contributed by atoms with Crippen LogP contribution in [0, 0.1) is 12.7 Å². The largest absolute Gasteiger partial charge is 0.528 e. The number of carboxylic acid groups (broad SMARTS) is 1. The first-order chi connectivity index (χ1) is 15.7. The van der Waals surface area contributed by atoms with Crippen LogP contribution >= 0.6 is 0 Å². The zero-order valence-corrected chi connectivity index (χ0v) is 18.6. The fourth-order valence-corrected chi connectivity index (χ4v) is 3.17. The lowest BCUT2D eigenvalue weighted by Crippen LogP contribution is -2.40. The van der Waals surface area contributed by atoms with E-state index in [0.29, 0.717) is 42.9 Å². The SMILES string of the molecule is Cc1c(Oc2ccc(CC(=O)O)cc2F)ncnc1OC1CCN(OC(=O)OC(C)C)CC1. The zero-order valence-electron chi connectivity index (χ0n) is 18.6. The minimum absolute atomic E-state index is 0.0874. The molecule has 178 valence electrons. The van der Waals surface area contributed by atoms with Crippen molar-refractivity contribution in [3.63, 3.8) is 0 Å². The van der Waals surface area contributed by atoms with Gasteiger partial charge in [-0.05, 0) is 38.5 Å². The molecule has 1 fully saturated rings. The quantitative estimate of drug-likeness (QED) is 0.581. The molecule has 0 unspecified atom stereocenters. The highest BCUT2D eigenvalue weighted by Crippen LogP contribution is 2.30. The monoisotopic (exact) mass is 463 g/mol. The third kappa shape index (κ3) is 7.01. The Morgan fingerprint density at radius 3 is 2.55 bits per heavy atom. The Labute approximate surface area is 190 Å². The van der Waals surface area contributed by atoms with E-state index in [1.54, 1.807) is 20.8 Å². The van der Waals surface area contributed by atoms with E-state index < -0.39 is 17.9 Å². The van der Waals surface area contributed by atoms with Gasteiger partial charge in [-0.3, -0.25) is 4.79 Å². The van der Waals surface area contributed by atoms with E-state index in [2.05, 4.69) is 9.97 Å². The van der Waals surface area contributed by atoms with Gasteiger partial charge in [-0.2, -0.15) is 0 Å². The highest BCUT2D eigenvalue weighted by atomic mass is 19.1. The average Bonchev–Trinajstić information content (AvgIpc) is 2.73. The summed E-state index contributed by atoms with van der Waals surface area (Å²) in [6.45, 7) is 6.12. The van der Waals surface area contributed by atoms with Gasteiger partial charge in [0.15, 0.2) is 11.6 Å². The summed E-state index contributed by atoms with van der Waals surface area (Å²) in [4.78, 5) is 35.8. The standard InChI is InChI=1S/C22H26FN3O7/c1-13(2)30-22(29)33-26-8-6-16(7-9-26)31-20-14(3)21(25-12-24-20)32-18-5-4-15(10-17(18)23)11-19(27)28/h4-5,10,12-13,16H,6-9,11H2,1-3H3,(H,27,28). The minimum Gasteiger partial charge on any atom is -0.481 e. The predicted octanol–water partition coefficient (Wildman–Crippen LogP) is 3.66. The van der Waals surface area contributed by atoms with Crippen LogP contribution in [0.3, 0.4) is 0 Å². The summed E-state index contributed by atoms with van der Waals surface area (Å²) in [5.74, 6) is -1.40. The second-order valence-corrected chi connectivity index (χ2v) is 7.80. The van der Waals surface area contributed by atoms with Crippen LogP contribution in [0.1, 0.15) is 37.8 Å². The van der Waals surface area contributed by atoms with Gasteiger partial charge in [0.05, 0.1) is 18.1 Å². The smallest absolute Gasteiger partial charge is 0.481 e. The fourth-order valence-electron chi connectivity index (χ4n) is 3.17. The summed E-state index contributed by atoms with van der Waals surface area (Å²) in [5.41, 5.74) is 0.814. The Morgan fingerprint density at radius 2 is 1.91 bits per heavy atom. The molecule has 2 heterocycles. The van der Waals surface area contributed by atoms with Crippen LogP contribution in [0.2, 0.25) is 0 Å². The van der Waals surface area contributed by atoms with Crippen LogP contribution in [0.25, 0.3) is 0 Å². The summed E-state index contributed by atoms with van der Waals surface area (Å²) in [6.07, 6.45) is 0.994.